The Hall–Kier alpha value is -1.33. The third kappa shape index (κ3) is 3.58. The van der Waals surface area contributed by atoms with Gasteiger partial charge >= 0.3 is 0 Å². The first-order valence-electron chi connectivity index (χ1n) is 5.53. The summed E-state index contributed by atoms with van der Waals surface area (Å²) in [6, 6.07) is 10.4. The van der Waals surface area contributed by atoms with Gasteiger partial charge in [-0.05, 0) is 37.3 Å². The molecule has 2 aromatic carbocycles. The highest BCUT2D eigenvalue weighted by Crippen LogP contribution is 2.25. The van der Waals surface area contributed by atoms with Gasteiger partial charge in [-0.25, -0.2) is 0 Å². The number of hydrogen-bond donors (Lipinski definition) is 2. The van der Waals surface area contributed by atoms with Crippen LogP contribution in [0.2, 0.25) is 0 Å². The minimum atomic E-state index is -0.341. The van der Waals surface area contributed by atoms with E-state index in [9.17, 15) is 9.90 Å². The smallest absolute Gasteiger partial charge is 0.259 e. The number of anilines is 1. The summed E-state index contributed by atoms with van der Waals surface area (Å²) >= 11 is 6.71. The Balaban J connectivity index is 2.28. The summed E-state index contributed by atoms with van der Waals surface area (Å²) in [6.07, 6.45) is 0. The van der Waals surface area contributed by atoms with E-state index in [0.717, 1.165) is 14.5 Å². The van der Waals surface area contributed by atoms with Gasteiger partial charge in [0.2, 0.25) is 0 Å². The molecule has 0 fully saturated rings. The number of halogens is 2. The van der Waals surface area contributed by atoms with Crippen LogP contribution in [0.4, 0.5) is 5.69 Å². The molecule has 0 atom stereocenters. The molecule has 2 N–H and O–H groups in total. The summed E-state index contributed by atoms with van der Waals surface area (Å²) in [5.41, 5.74) is 1.82. The van der Waals surface area contributed by atoms with E-state index < -0.39 is 0 Å². The number of nitrogens with one attached hydrogen (secondary N) is 1. The Morgan fingerprint density at radius 3 is 2.37 bits per heavy atom. The third-order valence-electron chi connectivity index (χ3n) is 2.52. The van der Waals surface area contributed by atoms with Gasteiger partial charge in [-0.2, -0.15) is 0 Å². The van der Waals surface area contributed by atoms with Gasteiger partial charge in [-0.1, -0.05) is 43.5 Å². The van der Waals surface area contributed by atoms with Crippen molar-refractivity contribution in [3.8, 4) is 5.75 Å². The molecular formula is C14H11Br2NO2. The Morgan fingerprint density at radius 1 is 1.11 bits per heavy atom. The highest BCUT2D eigenvalue weighted by molar-refractivity contribution is 9.11. The van der Waals surface area contributed by atoms with E-state index in [4.69, 9.17) is 0 Å². The van der Waals surface area contributed by atoms with Crippen LogP contribution in [0.1, 0.15) is 15.9 Å². The van der Waals surface area contributed by atoms with Crippen LogP contribution in [-0.4, -0.2) is 11.0 Å². The van der Waals surface area contributed by atoms with E-state index >= 15 is 0 Å². The summed E-state index contributed by atoms with van der Waals surface area (Å²) in [5.74, 6) is -0.372. The van der Waals surface area contributed by atoms with Crippen molar-refractivity contribution in [2.75, 3.05) is 5.32 Å². The first-order chi connectivity index (χ1) is 8.95. The second-order valence-electron chi connectivity index (χ2n) is 4.13. The molecule has 0 saturated carbocycles. The van der Waals surface area contributed by atoms with Crippen molar-refractivity contribution in [3.63, 3.8) is 0 Å². The van der Waals surface area contributed by atoms with Gasteiger partial charge in [0.15, 0.2) is 0 Å². The van der Waals surface area contributed by atoms with Crippen molar-refractivity contribution >= 4 is 43.5 Å². The van der Waals surface area contributed by atoms with Crippen molar-refractivity contribution in [1.82, 2.24) is 0 Å². The maximum atomic E-state index is 12.1. The minimum Gasteiger partial charge on any atom is -0.507 e. The lowest BCUT2D eigenvalue weighted by atomic mass is 10.1. The molecule has 0 aromatic heterocycles. The molecule has 0 bridgehead atoms. The van der Waals surface area contributed by atoms with Crippen LogP contribution < -0.4 is 5.32 Å². The van der Waals surface area contributed by atoms with E-state index in [1.165, 1.54) is 6.07 Å². The first-order valence-corrected chi connectivity index (χ1v) is 7.11. The summed E-state index contributed by atoms with van der Waals surface area (Å²) in [7, 11) is 0. The molecule has 1 amide bonds. The van der Waals surface area contributed by atoms with E-state index in [1.54, 1.807) is 24.3 Å². The monoisotopic (exact) mass is 383 g/mol. The fourth-order valence-electron chi connectivity index (χ4n) is 1.66. The Kier molecular flexibility index (Phi) is 4.27. The van der Waals surface area contributed by atoms with Crippen molar-refractivity contribution < 1.29 is 9.90 Å². The maximum absolute atomic E-state index is 12.1. The predicted molar refractivity (Wildman–Crippen MR) is 82.6 cm³/mol. The molecule has 0 aliphatic carbocycles. The summed E-state index contributed by atoms with van der Waals surface area (Å²) in [5, 5.41) is 12.5. The molecule has 0 spiro atoms. The quantitative estimate of drug-likeness (QED) is 0.801. The van der Waals surface area contributed by atoms with E-state index in [2.05, 4.69) is 37.2 Å². The van der Waals surface area contributed by atoms with Crippen LogP contribution in [0.15, 0.2) is 45.3 Å². The fourth-order valence-corrected chi connectivity index (χ4v) is 2.95. The number of carbonyl (C=O) groups excluding carboxylic acids is 1. The first kappa shape index (κ1) is 14.1. The van der Waals surface area contributed by atoms with Crippen molar-refractivity contribution in [2.24, 2.45) is 0 Å². The van der Waals surface area contributed by atoms with Crippen molar-refractivity contribution in [2.45, 2.75) is 6.92 Å². The van der Waals surface area contributed by atoms with Crippen molar-refractivity contribution in [1.29, 1.82) is 0 Å². The molecule has 0 aliphatic rings. The van der Waals surface area contributed by atoms with Crippen LogP contribution in [0, 0.1) is 6.92 Å². The Labute approximate surface area is 127 Å². The highest BCUT2D eigenvalue weighted by atomic mass is 79.9. The second kappa shape index (κ2) is 5.75. The number of aromatic hydroxyl groups is 1. The average molecular weight is 385 g/mol. The summed E-state index contributed by atoms with van der Waals surface area (Å²) < 4.78 is 1.70. The lowest BCUT2D eigenvalue weighted by Gasteiger charge is -2.08. The van der Waals surface area contributed by atoms with E-state index in [1.807, 2.05) is 13.0 Å². The molecule has 98 valence electrons. The highest BCUT2D eigenvalue weighted by Gasteiger charge is 2.12. The normalized spacial score (nSPS) is 10.3. The molecule has 0 heterocycles. The zero-order chi connectivity index (χ0) is 14.0. The second-order valence-corrected chi connectivity index (χ2v) is 5.96. The van der Waals surface area contributed by atoms with Crippen LogP contribution in [-0.2, 0) is 0 Å². The molecule has 2 rings (SSSR count). The number of phenolic OH excluding ortho intramolecular Hbond substituents is 1. The van der Waals surface area contributed by atoms with Gasteiger partial charge in [0.05, 0.1) is 5.56 Å². The lowest BCUT2D eigenvalue weighted by Crippen LogP contribution is -2.12. The average Bonchev–Trinajstić information content (AvgIpc) is 2.30. The van der Waals surface area contributed by atoms with Gasteiger partial charge in [0.1, 0.15) is 5.75 Å². The number of carbonyl (C=O) groups is 1. The molecule has 2 aromatic rings. The standard InChI is InChI=1S/C14H11Br2NO2/c1-8-2-3-13(18)12(4-8)14(19)17-11-6-9(15)5-10(16)7-11/h2-7,18H,1H3,(H,17,19). The predicted octanol–water partition coefficient (Wildman–Crippen LogP) is 4.48. The van der Waals surface area contributed by atoms with Gasteiger partial charge in [-0.3, -0.25) is 4.79 Å². The SMILES string of the molecule is Cc1ccc(O)c(C(=O)Nc2cc(Br)cc(Br)c2)c1. The zero-order valence-electron chi connectivity index (χ0n) is 10.1. The topological polar surface area (TPSA) is 49.3 Å². The zero-order valence-corrected chi connectivity index (χ0v) is 13.2. The van der Waals surface area contributed by atoms with Crippen LogP contribution >= 0.6 is 31.9 Å². The molecule has 0 unspecified atom stereocenters. The summed E-state index contributed by atoms with van der Waals surface area (Å²) in [6.45, 7) is 1.87. The van der Waals surface area contributed by atoms with Gasteiger partial charge in [0.25, 0.3) is 5.91 Å². The van der Waals surface area contributed by atoms with E-state index in [-0.39, 0.29) is 17.2 Å². The molecule has 0 radical (unpaired) electrons. The Bertz CT molecular complexity index is 621. The largest absolute Gasteiger partial charge is 0.507 e. The van der Waals surface area contributed by atoms with Gasteiger partial charge in [0, 0.05) is 14.6 Å². The lowest BCUT2D eigenvalue weighted by molar-refractivity contribution is 0.102. The Morgan fingerprint density at radius 2 is 1.74 bits per heavy atom. The van der Waals surface area contributed by atoms with E-state index in [0.29, 0.717) is 5.69 Å². The number of benzene rings is 2. The summed E-state index contributed by atoms with van der Waals surface area (Å²) in [4.78, 5) is 12.1. The number of aryl methyl sites for hydroxylation is 1. The number of phenols is 1. The molecule has 0 aliphatic heterocycles. The fraction of sp³-hybridized carbons (Fsp3) is 0.0714. The van der Waals surface area contributed by atoms with Crippen LogP contribution in [0.3, 0.4) is 0 Å². The third-order valence-corrected chi connectivity index (χ3v) is 3.43. The van der Waals surface area contributed by atoms with Gasteiger partial charge < -0.3 is 10.4 Å². The number of amides is 1. The van der Waals surface area contributed by atoms with Crippen LogP contribution in [0.5, 0.6) is 5.75 Å². The molecule has 0 saturated heterocycles. The van der Waals surface area contributed by atoms with Crippen molar-refractivity contribution in [3.05, 3.63) is 56.5 Å². The number of rotatable bonds is 2. The molecule has 5 heteroatoms. The van der Waals surface area contributed by atoms with Gasteiger partial charge in [-0.15, -0.1) is 0 Å². The maximum Gasteiger partial charge on any atom is 0.259 e. The molecule has 3 nitrogen and oxygen atoms in total. The molecular weight excluding hydrogens is 374 g/mol. The molecule has 19 heavy (non-hydrogen) atoms. The van der Waals surface area contributed by atoms with Crippen LogP contribution in [0.25, 0.3) is 0 Å². The number of hydrogen-bond acceptors (Lipinski definition) is 2. The minimum absolute atomic E-state index is 0.0304.